The first-order valence-electron chi connectivity index (χ1n) is 9.46. The molecule has 4 rings (SSSR count). The van der Waals surface area contributed by atoms with Gasteiger partial charge in [-0.05, 0) is 44.0 Å². The third-order valence-electron chi connectivity index (χ3n) is 5.08. The molecule has 0 aliphatic heterocycles. The van der Waals surface area contributed by atoms with E-state index in [0.29, 0.717) is 34.4 Å². The number of Topliss-reactive ketones (excluding diaryl/α,β-unsaturated/α-hetero) is 1. The van der Waals surface area contributed by atoms with Gasteiger partial charge in [-0.1, -0.05) is 42.3 Å². The summed E-state index contributed by atoms with van der Waals surface area (Å²) < 4.78 is 5.42. The Hall–Kier alpha value is -3.28. The number of amides is 1. The highest BCUT2D eigenvalue weighted by Crippen LogP contribution is 2.33. The van der Waals surface area contributed by atoms with Crippen molar-refractivity contribution in [2.45, 2.75) is 38.5 Å². The number of carbonyl (C=O) groups excluding carboxylic acids is 2. The van der Waals surface area contributed by atoms with Gasteiger partial charge in [0.15, 0.2) is 5.78 Å². The van der Waals surface area contributed by atoms with E-state index < -0.39 is 0 Å². The van der Waals surface area contributed by atoms with Gasteiger partial charge < -0.3 is 9.84 Å². The summed E-state index contributed by atoms with van der Waals surface area (Å²) in [5, 5.41) is 6.89. The third kappa shape index (κ3) is 3.86. The van der Waals surface area contributed by atoms with Gasteiger partial charge >= 0.3 is 0 Å². The quantitative estimate of drug-likeness (QED) is 0.644. The number of hydrogen-bond acceptors (Lipinski definition) is 5. The molecule has 1 N–H and O–H groups in total. The molecule has 0 radical (unpaired) electrons. The van der Waals surface area contributed by atoms with Crippen molar-refractivity contribution in [2.75, 3.05) is 5.32 Å². The Balaban J connectivity index is 1.46. The zero-order chi connectivity index (χ0) is 19.5. The number of carbonyl (C=O) groups is 2. The fourth-order valence-corrected chi connectivity index (χ4v) is 3.48. The van der Waals surface area contributed by atoms with Gasteiger partial charge in [0.1, 0.15) is 0 Å². The van der Waals surface area contributed by atoms with E-state index in [1.54, 1.807) is 36.4 Å². The Kier molecular flexibility index (Phi) is 5.02. The molecule has 1 aliphatic carbocycles. The molecule has 3 aromatic rings. The molecule has 0 unspecified atom stereocenters. The van der Waals surface area contributed by atoms with E-state index in [1.807, 2.05) is 12.1 Å². The van der Waals surface area contributed by atoms with E-state index in [0.717, 1.165) is 18.4 Å². The minimum absolute atomic E-state index is 0.0439. The summed E-state index contributed by atoms with van der Waals surface area (Å²) in [6.07, 6.45) is 4.63. The average molecular weight is 375 g/mol. The van der Waals surface area contributed by atoms with Crippen LogP contribution in [0.15, 0.2) is 53.1 Å². The van der Waals surface area contributed by atoms with Crippen LogP contribution in [0.1, 0.15) is 65.1 Å². The molecular formula is C22H21N3O3. The second-order valence-corrected chi connectivity index (χ2v) is 7.11. The fraction of sp³-hybridized carbons (Fsp3) is 0.273. The monoisotopic (exact) mass is 375 g/mol. The number of ketones is 1. The van der Waals surface area contributed by atoms with Crippen LogP contribution in [-0.4, -0.2) is 21.8 Å². The molecule has 28 heavy (non-hydrogen) atoms. The highest BCUT2D eigenvalue weighted by Gasteiger charge is 2.23. The van der Waals surface area contributed by atoms with Crippen molar-refractivity contribution in [3.8, 4) is 11.4 Å². The smallest absolute Gasteiger partial charge is 0.255 e. The first kappa shape index (κ1) is 18.1. The van der Waals surface area contributed by atoms with Crippen molar-refractivity contribution in [3.63, 3.8) is 0 Å². The van der Waals surface area contributed by atoms with Crippen LogP contribution in [0.25, 0.3) is 11.4 Å². The predicted molar refractivity (Wildman–Crippen MR) is 105 cm³/mol. The van der Waals surface area contributed by atoms with Gasteiger partial charge in [-0.15, -0.1) is 0 Å². The molecule has 0 atom stereocenters. The number of anilines is 1. The maximum absolute atomic E-state index is 12.5. The Morgan fingerprint density at radius 2 is 1.79 bits per heavy atom. The second kappa shape index (κ2) is 7.76. The standard InChI is InChI=1S/C22H21N3O3/c1-14(26)18-7-4-8-19(13-18)23-21(27)16-11-9-15(10-12-16)20-24-22(28-25-20)17-5-2-3-6-17/h4,7-13,17H,2-3,5-6H2,1H3,(H,23,27). The average Bonchev–Trinajstić information content (AvgIpc) is 3.40. The molecule has 1 fully saturated rings. The molecule has 1 aromatic heterocycles. The molecule has 6 nitrogen and oxygen atoms in total. The summed E-state index contributed by atoms with van der Waals surface area (Å²) in [4.78, 5) is 28.5. The Morgan fingerprint density at radius 1 is 1.04 bits per heavy atom. The number of hydrogen-bond donors (Lipinski definition) is 1. The lowest BCUT2D eigenvalue weighted by atomic mass is 10.1. The van der Waals surface area contributed by atoms with Crippen LogP contribution in [0.5, 0.6) is 0 Å². The van der Waals surface area contributed by atoms with E-state index >= 15 is 0 Å². The van der Waals surface area contributed by atoms with E-state index in [1.165, 1.54) is 19.8 Å². The van der Waals surface area contributed by atoms with Crippen LogP contribution < -0.4 is 5.32 Å². The lowest BCUT2D eigenvalue weighted by molar-refractivity contribution is 0.101. The van der Waals surface area contributed by atoms with Crippen molar-refractivity contribution in [1.29, 1.82) is 0 Å². The number of nitrogens with zero attached hydrogens (tertiary/aromatic N) is 2. The van der Waals surface area contributed by atoms with Crippen molar-refractivity contribution in [1.82, 2.24) is 10.1 Å². The van der Waals surface area contributed by atoms with E-state index in [9.17, 15) is 9.59 Å². The molecular weight excluding hydrogens is 354 g/mol. The highest BCUT2D eigenvalue weighted by atomic mass is 16.5. The number of benzene rings is 2. The number of aromatic nitrogens is 2. The maximum Gasteiger partial charge on any atom is 0.255 e. The molecule has 6 heteroatoms. The fourth-order valence-electron chi connectivity index (χ4n) is 3.48. The zero-order valence-corrected chi connectivity index (χ0v) is 15.6. The number of nitrogens with one attached hydrogen (secondary N) is 1. The summed E-state index contributed by atoms with van der Waals surface area (Å²) >= 11 is 0. The van der Waals surface area contributed by atoms with E-state index in [-0.39, 0.29) is 11.7 Å². The van der Waals surface area contributed by atoms with Crippen LogP contribution in [0, 0.1) is 0 Å². The van der Waals surface area contributed by atoms with Crippen molar-refractivity contribution >= 4 is 17.4 Å². The Bertz CT molecular complexity index is 1000. The van der Waals surface area contributed by atoms with Crippen molar-refractivity contribution < 1.29 is 14.1 Å². The second-order valence-electron chi connectivity index (χ2n) is 7.11. The summed E-state index contributed by atoms with van der Waals surface area (Å²) in [6, 6.07) is 14.0. The van der Waals surface area contributed by atoms with Gasteiger partial charge in [0.25, 0.3) is 5.91 Å². The summed E-state index contributed by atoms with van der Waals surface area (Å²) in [5.74, 6) is 1.34. The van der Waals surface area contributed by atoms with Gasteiger partial charge in [0.2, 0.25) is 11.7 Å². The maximum atomic E-state index is 12.5. The molecule has 0 saturated heterocycles. The van der Waals surface area contributed by atoms with E-state index in [2.05, 4.69) is 15.5 Å². The molecule has 0 bridgehead atoms. The number of rotatable bonds is 5. The van der Waals surface area contributed by atoms with Crippen molar-refractivity contribution in [3.05, 3.63) is 65.5 Å². The van der Waals surface area contributed by atoms with Crippen LogP contribution in [0.4, 0.5) is 5.69 Å². The minimum Gasteiger partial charge on any atom is -0.339 e. The zero-order valence-electron chi connectivity index (χ0n) is 15.6. The van der Waals surface area contributed by atoms with Gasteiger partial charge in [0, 0.05) is 28.3 Å². The Labute approximate surface area is 163 Å². The molecule has 0 spiro atoms. The molecule has 142 valence electrons. The van der Waals surface area contributed by atoms with Crippen LogP contribution in [0.3, 0.4) is 0 Å². The first-order valence-corrected chi connectivity index (χ1v) is 9.46. The lowest BCUT2D eigenvalue weighted by Gasteiger charge is -2.07. The normalized spacial score (nSPS) is 14.2. The minimum atomic E-state index is -0.244. The Morgan fingerprint density at radius 3 is 2.50 bits per heavy atom. The van der Waals surface area contributed by atoms with Gasteiger partial charge in [-0.2, -0.15) is 4.98 Å². The van der Waals surface area contributed by atoms with Crippen LogP contribution >= 0.6 is 0 Å². The summed E-state index contributed by atoms with van der Waals surface area (Å²) in [6.45, 7) is 1.50. The SMILES string of the molecule is CC(=O)c1cccc(NC(=O)c2ccc(-c3noc(C4CCCC4)n3)cc2)c1. The molecule has 1 aliphatic rings. The lowest BCUT2D eigenvalue weighted by Crippen LogP contribution is -2.12. The van der Waals surface area contributed by atoms with Gasteiger partial charge in [0.05, 0.1) is 0 Å². The van der Waals surface area contributed by atoms with E-state index in [4.69, 9.17) is 4.52 Å². The summed E-state index contributed by atoms with van der Waals surface area (Å²) in [7, 11) is 0. The highest BCUT2D eigenvalue weighted by molar-refractivity contribution is 6.05. The van der Waals surface area contributed by atoms with Gasteiger partial charge in [-0.25, -0.2) is 0 Å². The molecule has 1 saturated carbocycles. The van der Waals surface area contributed by atoms with Crippen LogP contribution in [-0.2, 0) is 0 Å². The topological polar surface area (TPSA) is 85.1 Å². The van der Waals surface area contributed by atoms with Gasteiger partial charge in [-0.3, -0.25) is 9.59 Å². The molecule has 2 aromatic carbocycles. The van der Waals surface area contributed by atoms with Crippen LogP contribution in [0.2, 0.25) is 0 Å². The predicted octanol–water partition coefficient (Wildman–Crippen LogP) is 4.85. The molecule has 1 heterocycles. The summed E-state index contributed by atoms with van der Waals surface area (Å²) in [5.41, 5.74) is 2.46. The third-order valence-corrected chi connectivity index (χ3v) is 5.08. The first-order chi connectivity index (χ1) is 13.6. The largest absolute Gasteiger partial charge is 0.339 e. The van der Waals surface area contributed by atoms with Crippen molar-refractivity contribution in [2.24, 2.45) is 0 Å². The molecule has 1 amide bonds.